The number of amides is 1. The van der Waals surface area contributed by atoms with Gasteiger partial charge in [-0.2, -0.15) is 0 Å². The third-order valence-electron chi connectivity index (χ3n) is 1.84. The second kappa shape index (κ2) is 2.55. The van der Waals surface area contributed by atoms with Gasteiger partial charge < -0.3 is 10.0 Å². The molecule has 1 rings (SSSR count). The predicted molar refractivity (Wildman–Crippen MR) is 40.7 cm³/mol. The number of nitrogens with zero attached hydrogens (tertiary/aromatic N) is 1. The van der Waals surface area contributed by atoms with Crippen molar-refractivity contribution in [3.63, 3.8) is 0 Å². The highest BCUT2D eigenvalue weighted by molar-refractivity contribution is 5.90. The molecule has 1 aliphatic heterocycles. The van der Waals surface area contributed by atoms with Crippen molar-refractivity contribution in [3.8, 4) is 11.8 Å². The van der Waals surface area contributed by atoms with E-state index in [0.717, 1.165) is 0 Å². The van der Waals surface area contributed by atoms with Crippen molar-refractivity contribution < 1.29 is 9.90 Å². The minimum Gasteiger partial charge on any atom is -0.369 e. The highest BCUT2D eigenvalue weighted by Crippen LogP contribution is 2.20. The standard InChI is InChI=1S/C8H11NO2/c1-3-4-8(11)5-6-9(2)7(8)10/h11H,5-6H2,1-2H3. The Bertz CT molecular complexity index is 238. The third kappa shape index (κ3) is 1.22. The molecule has 0 aromatic heterocycles. The number of carbonyl (C=O) groups excluding carboxylic acids is 1. The van der Waals surface area contributed by atoms with E-state index in [4.69, 9.17) is 0 Å². The van der Waals surface area contributed by atoms with E-state index >= 15 is 0 Å². The summed E-state index contributed by atoms with van der Waals surface area (Å²) in [6.45, 7) is 2.20. The van der Waals surface area contributed by atoms with E-state index in [1.807, 2.05) is 0 Å². The zero-order valence-electron chi connectivity index (χ0n) is 6.72. The number of hydrogen-bond acceptors (Lipinski definition) is 2. The zero-order valence-corrected chi connectivity index (χ0v) is 6.72. The Labute approximate surface area is 66.0 Å². The van der Waals surface area contributed by atoms with Gasteiger partial charge >= 0.3 is 0 Å². The summed E-state index contributed by atoms with van der Waals surface area (Å²) in [4.78, 5) is 12.7. The smallest absolute Gasteiger partial charge is 0.267 e. The maximum atomic E-state index is 11.2. The molecule has 1 unspecified atom stereocenters. The Hall–Kier alpha value is -1.01. The third-order valence-corrected chi connectivity index (χ3v) is 1.84. The summed E-state index contributed by atoms with van der Waals surface area (Å²) in [7, 11) is 1.66. The number of carbonyl (C=O) groups is 1. The average Bonchev–Trinajstić information content (AvgIpc) is 2.19. The van der Waals surface area contributed by atoms with E-state index in [2.05, 4.69) is 11.8 Å². The van der Waals surface area contributed by atoms with Crippen LogP contribution in [0.3, 0.4) is 0 Å². The molecule has 1 N–H and O–H groups in total. The summed E-state index contributed by atoms with van der Waals surface area (Å²) in [5.41, 5.74) is -1.40. The first-order chi connectivity index (χ1) is 5.10. The van der Waals surface area contributed by atoms with Crippen molar-refractivity contribution in [2.45, 2.75) is 18.9 Å². The summed E-state index contributed by atoms with van der Waals surface area (Å²) in [5.74, 6) is 4.78. The topological polar surface area (TPSA) is 40.5 Å². The van der Waals surface area contributed by atoms with Crippen molar-refractivity contribution in [2.75, 3.05) is 13.6 Å². The molecular formula is C8H11NO2. The normalized spacial score (nSPS) is 30.1. The molecule has 1 saturated heterocycles. The maximum absolute atomic E-state index is 11.2. The number of rotatable bonds is 0. The summed E-state index contributed by atoms with van der Waals surface area (Å²) in [5, 5.41) is 9.57. The molecule has 60 valence electrons. The van der Waals surface area contributed by atoms with Crippen LogP contribution >= 0.6 is 0 Å². The second-order valence-corrected chi connectivity index (χ2v) is 2.71. The highest BCUT2D eigenvalue weighted by Gasteiger charge is 2.42. The van der Waals surface area contributed by atoms with Gasteiger partial charge in [-0.1, -0.05) is 5.92 Å². The van der Waals surface area contributed by atoms with E-state index < -0.39 is 5.60 Å². The van der Waals surface area contributed by atoms with Gasteiger partial charge in [-0.3, -0.25) is 4.79 Å². The number of aliphatic hydroxyl groups is 1. The van der Waals surface area contributed by atoms with Crippen LogP contribution in [0.4, 0.5) is 0 Å². The molecule has 11 heavy (non-hydrogen) atoms. The number of likely N-dealkylation sites (tertiary alicyclic amines) is 1. The van der Waals surface area contributed by atoms with Crippen LogP contribution in [0, 0.1) is 11.8 Å². The summed E-state index contributed by atoms with van der Waals surface area (Å²) in [6.07, 6.45) is 0.420. The molecule has 1 aliphatic rings. The second-order valence-electron chi connectivity index (χ2n) is 2.71. The fraction of sp³-hybridized carbons (Fsp3) is 0.625. The molecule has 3 nitrogen and oxygen atoms in total. The molecule has 1 heterocycles. The molecular weight excluding hydrogens is 142 g/mol. The Morgan fingerprint density at radius 2 is 2.36 bits per heavy atom. The molecule has 0 saturated carbocycles. The fourth-order valence-electron chi connectivity index (χ4n) is 1.18. The van der Waals surface area contributed by atoms with Gasteiger partial charge in [0.25, 0.3) is 5.91 Å². The van der Waals surface area contributed by atoms with Gasteiger partial charge in [-0.25, -0.2) is 0 Å². The van der Waals surface area contributed by atoms with Gasteiger partial charge in [0.1, 0.15) is 0 Å². The number of likely N-dealkylation sites (N-methyl/N-ethyl adjacent to an activating group) is 1. The van der Waals surface area contributed by atoms with Crippen molar-refractivity contribution in [1.82, 2.24) is 4.90 Å². The van der Waals surface area contributed by atoms with Gasteiger partial charge in [0, 0.05) is 20.0 Å². The van der Waals surface area contributed by atoms with E-state index in [0.29, 0.717) is 13.0 Å². The van der Waals surface area contributed by atoms with E-state index in [1.165, 1.54) is 4.90 Å². The highest BCUT2D eigenvalue weighted by atomic mass is 16.3. The molecule has 1 atom stereocenters. The summed E-state index contributed by atoms with van der Waals surface area (Å²) >= 11 is 0. The Morgan fingerprint density at radius 1 is 1.73 bits per heavy atom. The van der Waals surface area contributed by atoms with Crippen LogP contribution in [0.5, 0.6) is 0 Å². The molecule has 0 aromatic carbocycles. The maximum Gasteiger partial charge on any atom is 0.267 e. The van der Waals surface area contributed by atoms with Gasteiger partial charge in [0.05, 0.1) is 0 Å². The van der Waals surface area contributed by atoms with Crippen LogP contribution in [-0.2, 0) is 4.79 Å². The van der Waals surface area contributed by atoms with Crippen LogP contribution < -0.4 is 0 Å². The molecule has 0 aromatic rings. The first-order valence-corrected chi connectivity index (χ1v) is 3.52. The SMILES string of the molecule is CC#CC1(O)CCN(C)C1=O. The Kier molecular flexibility index (Phi) is 1.88. The zero-order chi connectivity index (χ0) is 8.48. The lowest BCUT2D eigenvalue weighted by molar-refractivity contribution is -0.137. The van der Waals surface area contributed by atoms with E-state index in [1.54, 1.807) is 14.0 Å². The molecule has 0 aliphatic carbocycles. The van der Waals surface area contributed by atoms with Crippen LogP contribution in [0.25, 0.3) is 0 Å². The van der Waals surface area contributed by atoms with Gasteiger partial charge in [0.15, 0.2) is 0 Å². The Morgan fingerprint density at radius 3 is 2.73 bits per heavy atom. The lowest BCUT2D eigenvalue weighted by Gasteiger charge is -2.12. The molecule has 0 radical (unpaired) electrons. The van der Waals surface area contributed by atoms with E-state index in [9.17, 15) is 9.90 Å². The minimum absolute atomic E-state index is 0.285. The largest absolute Gasteiger partial charge is 0.369 e. The van der Waals surface area contributed by atoms with Gasteiger partial charge in [-0.05, 0) is 6.92 Å². The minimum atomic E-state index is -1.40. The Balaban J connectivity index is 2.87. The lowest BCUT2D eigenvalue weighted by atomic mass is 10.0. The molecule has 1 amide bonds. The quantitative estimate of drug-likeness (QED) is 0.481. The van der Waals surface area contributed by atoms with E-state index in [-0.39, 0.29) is 5.91 Å². The van der Waals surface area contributed by atoms with Crippen LogP contribution in [0.1, 0.15) is 13.3 Å². The summed E-state index contributed by atoms with van der Waals surface area (Å²) in [6, 6.07) is 0. The van der Waals surface area contributed by atoms with Crippen LogP contribution in [0.2, 0.25) is 0 Å². The molecule has 0 spiro atoms. The molecule has 3 heteroatoms. The van der Waals surface area contributed by atoms with Gasteiger partial charge in [-0.15, -0.1) is 5.92 Å². The van der Waals surface area contributed by atoms with Gasteiger partial charge in [0.2, 0.25) is 5.60 Å². The van der Waals surface area contributed by atoms with Crippen LogP contribution in [0.15, 0.2) is 0 Å². The predicted octanol–water partition coefficient (Wildman–Crippen LogP) is -0.397. The summed E-state index contributed by atoms with van der Waals surface area (Å²) < 4.78 is 0. The van der Waals surface area contributed by atoms with Crippen molar-refractivity contribution >= 4 is 5.91 Å². The first kappa shape index (κ1) is 8.09. The van der Waals surface area contributed by atoms with Crippen molar-refractivity contribution in [3.05, 3.63) is 0 Å². The van der Waals surface area contributed by atoms with Crippen LogP contribution in [-0.4, -0.2) is 35.1 Å². The number of hydrogen-bond donors (Lipinski definition) is 1. The molecule has 1 fully saturated rings. The lowest BCUT2D eigenvalue weighted by Crippen LogP contribution is -2.37. The monoisotopic (exact) mass is 153 g/mol. The molecule has 0 bridgehead atoms. The van der Waals surface area contributed by atoms with Crippen molar-refractivity contribution in [1.29, 1.82) is 0 Å². The first-order valence-electron chi connectivity index (χ1n) is 3.52. The average molecular weight is 153 g/mol. The van der Waals surface area contributed by atoms with Crippen molar-refractivity contribution in [2.24, 2.45) is 0 Å². The fourth-order valence-corrected chi connectivity index (χ4v) is 1.18.